The number of aliphatic hydroxyl groups excluding tert-OH is 2. The summed E-state index contributed by atoms with van der Waals surface area (Å²) < 4.78 is 0. The molecule has 1 atom stereocenters. The van der Waals surface area contributed by atoms with Gasteiger partial charge >= 0.3 is 0 Å². The van der Waals surface area contributed by atoms with E-state index in [1.165, 1.54) is 9.75 Å². The first-order valence-electron chi connectivity index (χ1n) is 4.90. The lowest BCUT2D eigenvalue weighted by atomic mass is 10.3. The lowest BCUT2D eigenvalue weighted by molar-refractivity contribution is 0.131. The van der Waals surface area contributed by atoms with Crippen LogP contribution in [0.2, 0.25) is 0 Å². The zero-order chi connectivity index (χ0) is 11.4. The van der Waals surface area contributed by atoms with Crippen LogP contribution < -0.4 is 0 Å². The molecule has 0 aliphatic rings. The fourth-order valence-corrected chi connectivity index (χ4v) is 3.02. The maximum atomic E-state index is 9.18. The predicted molar refractivity (Wildman–Crippen MR) is 69.8 cm³/mol. The van der Waals surface area contributed by atoms with Crippen molar-refractivity contribution in [2.75, 3.05) is 6.61 Å². The second kappa shape index (κ2) is 5.41. The van der Waals surface area contributed by atoms with Crippen molar-refractivity contribution in [3.63, 3.8) is 0 Å². The first-order chi connectivity index (χ1) is 7.79. The highest BCUT2D eigenvalue weighted by Gasteiger charge is 2.02. The molecule has 4 heteroatoms. The molecule has 16 heavy (non-hydrogen) atoms. The van der Waals surface area contributed by atoms with E-state index in [4.69, 9.17) is 5.11 Å². The van der Waals surface area contributed by atoms with Crippen molar-refractivity contribution in [1.29, 1.82) is 0 Å². The van der Waals surface area contributed by atoms with Gasteiger partial charge in [-0.3, -0.25) is 0 Å². The highest BCUT2D eigenvalue weighted by molar-refractivity contribution is 7.21. The van der Waals surface area contributed by atoms with Gasteiger partial charge in [-0.15, -0.1) is 22.7 Å². The Bertz CT molecular complexity index is 457. The molecule has 0 bridgehead atoms. The Kier molecular flexibility index (Phi) is 3.90. The molecular weight excluding hydrogens is 240 g/mol. The van der Waals surface area contributed by atoms with E-state index >= 15 is 0 Å². The van der Waals surface area contributed by atoms with Gasteiger partial charge in [-0.1, -0.05) is 12.1 Å². The molecule has 0 spiro atoms. The number of hydrogen-bond donors (Lipinski definition) is 2. The fraction of sp³-hybridized carbons (Fsp3) is 0.167. The average molecular weight is 252 g/mol. The van der Waals surface area contributed by atoms with Crippen molar-refractivity contribution in [2.45, 2.75) is 6.10 Å². The minimum absolute atomic E-state index is 0.236. The van der Waals surface area contributed by atoms with E-state index in [0.717, 1.165) is 4.88 Å². The SMILES string of the molecule is OCC(O)C=Cc1ccc(-c2cccs2)s1. The fourth-order valence-electron chi connectivity index (χ4n) is 1.26. The lowest BCUT2D eigenvalue weighted by Crippen LogP contribution is -2.06. The minimum Gasteiger partial charge on any atom is -0.393 e. The largest absolute Gasteiger partial charge is 0.393 e. The summed E-state index contributed by atoms with van der Waals surface area (Å²) in [6, 6.07) is 8.21. The first kappa shape index (κ1) is 11.5. The highest BCUT2D eigenvalue weighted by Crippen LogP contribution is 2.31. The van der Waals surface area contributed by atoms with E-state index in [1.807, 2.05) is 18.2 Å². The highest BCUT2D eigenvalue weighted by atomic mass is 32.1. The lowest BCUT2D eigenvalue weighted by Gasteiger charge is -1.96. The second-order valence-electron chi connectivity index (χ2n) is 3.29. The summed E-state index contributed by atoms with van der Waals surface area (Å²) in [5.74, 6) is 0. The Hall–Kier alpha value is -0.940. The van der Waals surface area contributed by atoms with E-state index in [-0.39, 0.29) is 6.61 Å². The van der Waals surface area contributed by atoms with Gasteiger partial charge in [-0.2, -0.15) is 0 Å². The Morgan fingerprint density at radius 2 is 2.12 bits per heavy atom. The Morgan fingerprint density at radius 3 is 2.81 bits per heavy atom. The van der Waals surface area contributed by atoms with Gasteiger partial charge in [0.25, 0.3) is 0 Å². The zero-order valence-electron chi connectivity index (χ0n) is 8.54. The summed E-state index contributed by atoms with van der Waals surface area (Å²) in [6.07, 6.45) is 2.67. The molecule has 0 saturated heterocycles. The maximum absolute atomic E-state index is 9.18. The van der Waals surface area contributed by atoms with Crippen LogP contribution in [0.15, 0.2) is 35.7 Å². The summed E-state index contributed by atoms with van der Waals surface area (Å²) in [6.45, 7) is -0.236. The van der Waals surface area contributed by atoms with E-state index in [1.54, 1.807) is 28.7 Å². The quantitative estimate of drug-likeness (QED) is 0.878. The van der Waals surface area contributed by atoms with Crippen LogP contribution in [0.3, 0.4) is 0 Å². The van der Waals surface area contributed by atoms with Gasteiger partial charge in [0.15, 0.2) is 0 Å². The van der Waals surface area contributed by atoms with Crippen LogP contribution in [-0.2, 0) is 0 Å². The van der Waals surface area contributed by atoms with Crippen LogP contribution in [0.25, 0.3) is 15.8 Å². The van der Waals surface area contributed by atoms with Crippen LogP contribution in [-0.4, -0.2) is 22.9 Å². The molecule has 2 rings (SSSR count). The summed E-state index contributed by atoms with van der Waals surface area (Å²) in [4.78, 5) is 3.57. The van der Waals surface area contributed by atoms with Crippen molar-refractivity contribution in [2.24, 2.45) is 0 Å². The second-order valence-corrected chi connectivity index (χ2v) is 5.35. The summed E-state index contributed by atoms with van der Waals surface area (Å²) >= 11 is 3.39. The Balaban J connectivity index is 2.11. The van der Waals surface area contributed by atoms with E-state index < -0.39 is 6.10 Å². The maximum Gasteiger partial charge on any atom is 0.0955 e. The number of aliphatic hydroxyl groups is 2. The van der Waals surface area contributed by atoms with Gasteiger partial charge in [0.1, 0.15) is 0 Å². The molecule has 0 aromatic carbocycles. The van der Waals surface area contributed by atoms with Gasteiger partial charge in [-0.25, -0.2) is 0 Å². The molecule has 2 heterocycles. The molecule has 2 aromatic rings. The van der Waals surface area contributed by atoms with Crippen LogP contribution in [0, 0.1) is 0 Å². The predicted octanol–water partition coefficient (Wildman–Crippen LogP) is 2.84. The van der Waals surface area contributed by atoms with Crippen molar-refractivity contribution >= 4 is 28.7 Å². The minimum atomic E-state index is -0.771. The van der Waals surface area contributed by atoms with Crippen LogP contribution in [0.4, 0.5) is 0 Å². The average Bonchev–Trinajstić information content (AvgIpc) is 2.95. The summed E-state index contributed by atoms with van der Waals surface area (Å²) in [7, 11) is 0. The standard InChI is InChI=1S/C12H12O2S2/c13-8-9(14)3-4-10-5-6-12(16-10)11-2-1-7-15-11/h1-7,9,13-14H,8H2. The van der Waals surface area contributed by atoms with Gasteiger partial charge < -0.3 is 10.2 Å². The Labute approximate surface area is 102 Å². The number of hydrogen-bond acceptors (Lipinski definition) is 4. The number of thiophene rings is 2. The molecule has 2 nitrogen and oxygen atoms in total. The normalized spacial score (nSPS) is 13.4. The van der Waals surface area contributed by atoms with E-state index in [9.17, 15) is 5.11 Å². The molecular formula is C12H12O2S2. The monoisotopic (exact) mass is 252 g/mol. The van der Waals surface area contributed by atoms with Gasteiger partial charge in [0.2, 0.25) is 0 Å². The molecule has 2 N–H and O–H groups in total. The van der Waals surface area contributed by atoms with Crippen molar-refractivity contribution in [1.82, 2.24) is 0 Å². The molecule has 0 aliphatic carbocycles. The molecule has 84 valence electrons. The molecule has 1 unspecified atom stereocenters. The van der Waals surface area contributed by atoms with Crippen molar-refractivity contribution < 1.29 is 10.2 Å². The molecule has 0 radical (unpaired) electrons. The van der Waals surface area contributed by atoms with Crippen LogP contribution in [0.5, 0.6) is 0 Å². The van der Waals surface area contributed by atoms with Crippen LogP contribution in [0.1, 0.15) is 4.88 Å². The smallest absolute Gasteiger partial charge is 0.0955 e. The van der Waals surface area contributed by atoms with Crippen molar-refractivity contribution in [3.8, 4) is 9.75 Å². The molecule has 0 amide bonds. The number of rotatable bonds is 4. The molecule has 0 fully saturated rings. The third-order valence-electron chi connectivity index (χ3n) is 2.06. The van der Waals surface area contributed by atoms with E-state index in [2.05, 4.69) is 17.5 Å². The van der Waals surface area contributed by atoms with Gasteiger partial charge in [0, 0.05) is 14.6 Å². The van der Waals surface area contributed by atoms with Gasteiger partial charge in [-0.05, 0) is 29.7 Å². The third-order valence-corrected chi connectivity index (χ3v) is 4.18. The van der Waals surface area contributed by atoms with E-state index in [0.29, 0.717) is 0 Å². The first-order valence-corrected chi connectivity index (χ1v) is 6.60. The van der Waals surface area contributed by atoms with Crippen LogP contribution >= 0.6 is 22.7 Å². The van der Waals surface area contributed by atoms with Crippen molar-refractivity contribution in [3.05, 3.63) is 40.6 Å². The molecule has 0 aliphatic heterocycles. The molecule has 2 aromatic heterocycles. The third kappa shape index (κ3) is 2.80. The topological polar surface area (TPSA) is 40.5 Å². The zero-order valence-corrected chi connectivity index (χ0v) is 10.2. The molecule has 0 saturated carbocycles. The summed E-state index contributed by atoms with van der Waals surface area (Å²) in [5, 5.41) is 19.9. The Morgan fingerprint density at radius 1 is 1.25 bits per heavy atom. The summed E-state index contributed by atoms with van der Waals surface area (Å²) in [5.41, 5.74) is 0. The van der Waals surface area contributed by atoms with Gasteiger partial charge in [0.05, 0.1) is 12.7 Å².